The largest absolute Gasteiger partial charge is 0.487 e. The maximum Gasteiger partial charge on any atom is 0.339 e. The van der Waals surface area contributed by atoms with E-state index >= 15 is 0 Å². The summed E-state index contributed by atoms with van der Waals surface area (Å²) in [5.41, 5.74) is 1.57. The quantitative estimate of drug-likeness (QED) is 0.675. The van der Waals surface area contributed by atoms with Gasteiger partial charge in [0.05, 0.1) is 5.39 Å². The molecule has 3 rings (SSSR count). The van der Waals surface area contributed by atoms with Crippen molar-refractivity contribution in [2.45, 2.75) is 66.0 Å². The standard InChI is InChI=1S/C23H29NO7/c1-11(2)19(21(26)27)24-17(25)10-29-16-9-15-14(7-8-23(5,6)31-15)20-18(16)12(3)13(4)22(28)30-20/h9,11,19H,7-8,10H2,1-6H3,(H,24,25)(H,26,27). The lowest BCUT2D eigenvalue weighted by Crippen LogP contribution is -2.46. The van der Waals surface area contributed by atoms with Gasteiger partial charge in [-0.2, -0.15) is 0 Å². The van der Waals surface area contributed by atoms with E-state index in [4.69, 9.17) is 13.9 Å². The average Bonchev–Trinajstić information content (AvgIpc) is 2.66. The monoisotopic (exact) mass is 431 g/mol. The molecule has 1 aliphatic heterocycles. The predicted octanol–water partition coefficient (Wildman–Crippen LogP) is 3.12. The Hall–Kier alpha value is -3.03. The molecular weight excluding hydrogens is 402 g/mol. The molecule has 8 heteroatoms. The number of carbonyl (C=O) groups excluding carboxylic acids is 1. The third-order valence-electron chi connectivity index (χ3n) is 5.72. The number of fused-ring (bicyclic) bond motifs is 3. The second-order valence-corrected chi connectivity index (χ2v) is 8.97. The Balaban J connectivity index is 2.00. The van der Waals surface area contributed by atoms with Crippen LogP contribution in [0, 0.1) is 19.8 Å². The topological polar surface area (TPSA) is 115 Å². The fourth-order valence-electron chi connectivity index (χ4n) is 3.72. The van der Waals surface area contributed by atoms with Crippen LogP contribution in [0.1, 0.15) is 50.8 Å². The number of nitrogens with one attached hydrogen (secondary N) is 1. The number of aryl methyl sites for hydroxylation is 2. The molecule has 2 heterocycles. The van der Waals surface area contributed by atoms with Crippen LogP contribution < -0.4 is 20.4 Å². The second kappa shape index (κ2) is 8.24. The van der Waals surface area contributed by atoms with Crippen LogP contribution in [0.3, 0.4) is 0 Å². The summed E-state index contributed by atoms with van der Waals surface area (Å²) in [6, 6.07) is 0.706. The summed E-state index contributed by atoms with van der Waals surface area (Å²) < 4.78 is 17.5. The molecule has 1 atom stereocenters. The van der Waals surface area contributed by atoms with Crippen LogP contribution in [0.4, 0.5) is 0 Å². The van der Waals surface area contributed by atoms with Gasteiger partial charge in [0.1, 0.15) is 28.7 Å². The lowest BCUT2D eigenvalue weighted by molar-refractivity contribution is -0.143. The number of carbonyl (C=O) groups is 2. The van der Waals surface area contributed by atoms with E-state index < -0.39 is 23.5 Å². The molecule has 1 aliphatic rings. The van der Waals surface area contributed by atoms with Gasteiger partial charge in [0.25, 0.3) is 5.91 Å². The summed E-state index contributed by atoms with van der Waals surface area (Å²) in [6.45, 7) is 10.5. The number of hydrogen-bond acceptors (Lipinski definition) is 6. The van der Waals surface area contributed by atoms with Gasteiger partial charge in [0.15, 0.2) is 6.61 Å². The SMILES string of the molecule is Cc1c(C)c2c(OCC(=O)NC(C(=O)O)C(C)C)cc3c(c2oc1=O)CCC(C)(C)O3. The minimum atomic E-state index is -1.11. The van der Waals surface area contributed by atoms with E-state index in [1.165, 1.54) is 0 Å². The zero-order valence-electron chi connectivity index (χ0n) is 18.8. The molecule has 0 fully saturated rings. The van der Waals surface area contributed by atoms with Gasteiger partial charge in [-0.1, -0.05) is 13.8 Å². The number of carboxylic acids is 1. The van der Waals surface area contributed by atoms with Crippen LogP contribution in [0.2, 0.25) is 0 Å². The van der Waals surface area contributed by atoms with Gasteiger partial charge < -0.3 is 24.3 Å². The van der Waals surface area contributed by atoms with Gasteiger partial charge in [-0.15, -0.1) is 0 Å². The number of amides is 1. The van der Waals surface area contributed by atoms with E-state index in [1.54, 1.807) is 33.8 Å². The molecule has 0 spiro atoms. The molecule has 0 saturated heterocycles. The molecule has 1 amide bonds. The van der Waals surface area contributed by atoms with Crippen molar-refractivity contribution in [3.8, 4) is 11.5 Å². The van der Waals surface area contributed by atoms with E-state index in [9.17, 15) is 19.5 Å². The Morgan fingerprint density at radius 3 is 2.55 bits per heavy atom. The zero-order chi connectivity index (χ0) is 23.1. The molecule has 0 radical (unpaired) electrons. The van der Waals surface area contributed by atoms with E-state index in [-0.39, 0.29) is 18.1 Å². The Labute approximate surface area is 180 Å². The minimum absolute atomic E-state index is 0.277. The summed E-state index contributed by atoms with van der Waals surface area (Å²) in [5.74, 6) is -1.04. The molecule has 168 valence electrons. The molecule has 8 nitrogen and oxygen atoms in total. The number of benzene rings is 1. The first-order valence-electron chi connectivity index (χ1n) is 10.3. The Morgan fingerprint density at radius 1 is 1.26 bits per heavy atom. The summed E-state index contributed by atoms with van der Waals surface area (Å²) in [7, 11) is 0. The fourth-order valence-corrected chi connectivity index (χ4v) is 3.72. The number of aliphatic carboxylic acids is 1. The van der Waals surface area contributed by atoms with Crippen molar-refractivity contribution >= 4 is 22.8 Å². The van der Waals surface area contributed by atoms with Crippen molar-refractivity contribution in [3.05, 3.63) is 33.2 Å². The average molecular weight is 431 g/mol. The molecule has 1 unspecified atom stereocenters. The van der Waals surface area contributed by atoms with Gasteiger partial charge >= 0.3 is 11.6 Å². The molecule has 2 N–H and O–H groups in total. The molecule has 0 aliphatic carbocycles. The summed E-state index contributed by atoms with van der Waals surface area (Å²) in [6.07, 6.45) is 1.44. The first-order chi connectivity index (χ1) is 14.4. The maximum atomic E-state index is 12.4. The van der Waals surface area contributed by atoms with Crippen LogP contribution >= 0.6 is 0 Å². The van der Waals surface area contributed by atoms with Gasteiger partial charge in [0.2, 0.25) is 0 Å². The third kappa shape index (κ3) is 4.52. The number of carboxylic acid groups (broad SMARTS) is 1. The number of ether oxygens (including phenoxy) is 2. The molecule has 1 aromatic carbocycles. The summed E-state index contributed by atoms with van der Waals surface area (Å²) in [5, 5.41) is 12.4. The number of rotatable bonds is 6. The van der Waals surface area contributed by atoms with Crippen molar-refractivity contribution in [2.75, 3.05) is 6.61 Å². The van der Waals surface area contributed by atoms with Crippen molar-refractivity contribution < 1.29 is 28.6 Å². The van der Waals surface area contributed by atoms with Gasteiger partial charge in [-0.3, -0.25) is 4.79 Å². The van der Waals surface area contributed by atoms with E-state index in [1.807, 2.05) is 13.8 Å². The first kappa shape index (κ1) is 22.7. The Kier molecular flexibility index (Phi) is 6.02. The predicted molar refractivity (Wildman–Crippen MR) is 115 cm³/mol. The summed E-state index contributed by atoms with van der Waals surface area (Å²) in [4.78, 5) is 36.0. The third-order valence-corrected chi connectivity index (χ3v) is 5.72. The molecule has 31 heavy (non-hydrogen) atoms. The highest BCUT2D eigenvalue weighted by molar-refractivity contribution is 5.92. The lowest BCUT2D eigenvalue weighted by Gasteiger charge is -2.33. The van der Waals surface area contributed by atoms with Crippen LogP contribution in [-0.4, -0.2) is 35.2 Å². The summed E-state index contributed by atoms with van der Waals surface area (Å²) >= 11 is 0. The van der Waals surface area contributed by atoms with E-state index in [2.05, 4.69) is 5.32 Å². The normalized spacial score (nSPS) is 15.8. The highest BCUT2D eigenvalue weighted by atomic mass is 16.5. The Bertz CT molecular complexity index is 1100. The van der Waals surface area contributed by atoms with Crippen molar-refractivity contribution in [1.82, 2.24) is 5.32 Å². The maximum absolute atomic E-state index is 12.4. The van der Waals surface area contributed by atoms with Gasteiger partial charge in [0, 0.05) is 17.2 Å². The van der Waals surface area contributed by atoms with Crippen LogP contribution in [0.5, 0.6) is 11.5 Å². The molecule has 0 saturated carbocycles. The van der Waals surface area contributed by atoms with E-state index in [0.29, 0.717) is 40.0 Å². The highest BCUT2D eigenvalue weighted by Crippen LogP contribution is 2.43. The minimum Gasteiger partial charge on any atom is -0.487 e. The van der Waals surface area contributed by atoms with Crippen LogP contribution in [0.15, 0.2) is 15.3 Å². The Morgan fingerprint density at radius 2 is 1.94 bits per heavy atom. The van der Waals surface area contributed by atoms with Crippen molar-refractivity contribution in [1.29, 1.82) is 0 Å². The van der Waals surface area contributed by atoms with Crippen LogP contribution in [0.25, 0.3) is 11.0 Å². The molecule has 2 aromatic rings. The second-order valence-electron chi connectivity index (χ2n) is 8.97. The van der Waals surface area contributed by atoms with E-state index in [0.717, 1.165) is 12.0 Å². The van der Waals surface area contributed by atoms with Gasteiger partial charge in [-0.05, 0) is 52.0 Å². The lowest BCUT2D eigenvalue weighted by atomic mass is 9.92. The number of hydrogen-bond donors (Lipinski definition) is 2. The molecule has 1 aromatic heterocycles. The van der Waals surface area contributed by atoms with Crippen LogP contribution in [-0.2, 0) is 16.0 Å². The fraction of sp³-hybridized carbons (Fsp3) is 0.522. The first-order valence-corrected chi connectivity index (χ1v) is 10.3. The molecular formula is C23H29NO7. The highest BCUT2D eigenvalue weighted by Gasteiger charge is 2.31. The van der Waals surface area contributed by atoms with Gasteiger partial charge in [-0.25, -0.2) is 9.59 Å². The van der Waals surface area contributed by atoms with Crippen molar-refractivity contribution in [2.24, 2.45) is 5.92 Å². The zero-order valence-corrected chi connectivity index (χ0v) is 18.8. The molecule has 0 bridgehead atoms. The smallest absolute Gasteiger partial charge is 0.339 e. The van der Waals surface area contributed by atoms with Crippen molar-refractivity contribution in [3.63, 3.8) is 0 Å².